The summed E-state index contributed by atoms with van der Waals surface area (Å²) in [6.45, 7) is 4.21. The Morgan fingerprint density at radius 3 is 2.83 bits per heavy atom. The van der Waals surface area contributed by atoms with Crippen LogP contribution in [-0.4, -0.2) is 24.1 Å². The van der Waals surface area contributed by atoms with Gasteiger partial charge in [0, 0.05) is 0 Å². The molecule has 1 rings (SSSR count). The highest BCUT2D eigenvalue weighted by molar-refractivity contribution is 6.18. The summed E-state index contributed by atoms with van der Waals surface area (Å²) in [5.74, 6) is 0.915. The van der Waals surface area contributed by atoms with Crippen LogP contribution in [0.5, 0.6) is 0 Å². The van der Waals surface area contributed by atoms with Gasteiger partial charge >= 0.3 is 6.09 Å². The molecule has 1 heterocycles. The van der Waals surface area contributed by atoms with Crippen molar-refractivity contribution in [1.29, 1.82) is 0 Å². The van der Waals surface area contributed by atoms with Crippen LogP contribution in [-0.2, 0) is 4.74 Å². The maximum absolute atomic E-state index is 10.8. The predicted octanol–water partition coefficient (Wildman–Crippen LogP) is 1.75. The van der Waals surface area contributed by atoms with E-state index in [1.165, 1.54) is 0 Å². The third-order valence-corrected chi connectivity index (χ3v) is 2.19. The highest BCUT2D eigenvalue weighted by Crippen LogP contribution is 2.17. The number of carbonyl (C=O) groups excluding carboxylic acids is 1. The number of alkyl carbamates (subject to hydrolysis) is 1. The molecule has 0 saturated carbocycles. The monoisotopic (exact) mass is 191 g/mol. The van der Waals surface area contributed by atoms with E-state index in [-0.39, 0.29) is 18.2 Å². The first-order valence-corrected chi connectivity index (χ1v) is 4.70. The summed E-state index contributed by atoms with van der Waals surface area (Å²) in [7, 11) is 0. The molecule has 1 saturated heterocycles. The first-order valence-electron chi connectivity index (χ1n) is 4.16. The van der Waals surface area contributed by atoms with Gasteiger partial charge in [-0.15, -0.1) is 11.6 Å². The van der Waals surface area contributed by atoms with Gasteiger partial charge in [0.05, 0.1) is 11.9 Å². The summed E-state index contributed by atoms with van der Waals surface area (Å²) < 4.78 is 4.94. The molecule has 0 aromatic rings. The minimum Gasteiger partial charge on any atom is -0.443 e. The zero-order chi connectivity index (χ0) is 9.14. The van der Waals surface area contributed by atoms with Gasteiger partial charge in [-0.3, -0.25) is 0 Å². The molecule has 1 fully saturated rings. The molecular weight excluding hydrogens is 178 g/mol. The van der Waals surface area contributed by atoms with Crippen molar-refractivity contribution in [3.8, 4) is 0 Å². The third kappa shape index (κ3) is 2.27. The average molecular weight is 192 g/mol. The summed E-state index contributed by atoms with van der Waals surface area (Å²) in [4.78, 5) is 10.8. The Kier molecular flexibility index (Phi) is 3.20. The van der Waals surface area contributed by atoms with Crippen LogP contribution in [0.4, 0.5) is 4.79 Å². The normalized spacial score (nSPS) is 28.8. The number of cyclic esters (lactones) is 1. The molecule has 2 atom stereocenters. The molecule has 1 amide bonds. The van der Waals surface area contributed by atoms with Crippen LogP contribution in [0.3, 0.4) is 0 Å². The van der Waals surface area contributed by atoms with Crippen molar-refractivity contribution in [3.05, 3.63) is 0 Å². The van der Waals surface area contributed by atoms with E-state index in [1.54, 1.807) is 0 Å². The molecule has 70 valence electrons. The van der Waals surface area contributed by atoms with Crippen molar-refractivity contribution in [3.63, 3.8) is 0 Å². The number of hydrogen-bond donors (Lipinski definition) is 1. The SMILES string of the molecule is CC(C)CC1NC(=O)OC1CCl. The summed E-state index contributed by atoms with van der Waals surface area (Å²) in [6, 6.07) is 0.0926. The predicted molar refractivity (Wildman–Crippen MR) is 47.4 cm³/mol. The molecule has 4 heteroatoms. The van der Waals surface area contributed by atoms with E-state index in [0.717, 1.165) is 6.42 Å². The fourth-order valence-corrected chi connectivity index (χ4v) is 1.63. The van der Waals surface area contributed by atoms with E-state index in [0.29, 0.717) is 11.8 Å². The van der Waals surface area contributed by atoms with Crippen molar-refractivity contribution < 1.29 is 9.53 Å². The Hall–Kier alpha value is -0.440. The average Bonchev–Trinajstić information content (AvgIpc) is 2.29. The van der Waals surface area contributed by atoms with Crippen LogP contribution < -0.4 is 5.32 Å². The summed E-state index contributed by atoms with van der Waals surface area (Å²) >= 11 is 5.63. The smallest absolute Gasteiger partial charge is 0.407 e. The lowest BCUT2D eigenvalue weighted by Gasteiger charge is -2.15. The zero-order valence-electron chi connectivity index (χ0n) is 7.34. The summed E-state index contributed by atoms with van der Waals surface area (Å²) in [5.41, 5.74) is 0. The Morgan fingerprint density at radius 2 is 2.33 bits per heavy atom. The topological polar surface area (TPSA) is 38.3 Å². The molecule has 1 aliphatic heterocycles. The number of ether oxygens (including phenoxy) is 1. The van der Waals surface area contributed by atoms with E-state index in [4.69, 9.17) is 16.3 Å². The van der Waals surface area contributed by atoms with Crippen molar-refractivity contribution in [1.82, 2.24) is 5.32 Å². The standard InChI is InChI=1S/C8H14ClNO2/c1-5(2)3-6-7(4-9)12-8(11)10-6/h5-7H,3-4H2,1-2H3,(H,10,11). The highest BCUT2D eigenvalue weighted by atomic mass is 35.5. The van der Waals surface area contributed by atoms with Crippen LogP contribution in [0.2, 0.25) is 0 Å². The van der Waals surface area contributed by atoms with E-state index in [9.17, 15) is 4.79 Å². The van der Waals surface area contributed by atoms with Gasteiger partial charge < -0.3 is 10.1 Å². The van der Waals surface area contributed by atoms with Gasteiger partial charge in [-0.1, -0.05) is 13.8 Å². The maximum atomic E-state index is 10.8. The lowest BCUT2D eigenvalue weighted by molar-refractivity contribution is 0.140. The molecule has 0 spiro atoms. The Balaban J connectivity index is 2.46. The van der Waals surface area contributed by atoms with E-state index >= 15 is 0 Å². The van der Waals surface area contributed by atoms with Crippen LogP contribution >= 0.6 is 11.6 Å². The highest BCUT2D eigenvalue weighted by Gasteiger charge is 2.33. The molecule has 1 N–H and O–H groups in total. The van der Waals surface area contributed by atoms with Crippen molar-refractivity contribution in [2.75, 3.05) is 5.88 Å². The molecule has 0 radical (unpaired) electrons. The van der Waals surface area contributed by atoms with Gasteiger partial charge in [-0.05, 0) is 12.3 Å². The first kappa shape index (κ1) is 9.65. The minimum atomic E-state index is -0.341. The molecule has 1 aliphatic rings. The van der Waals surface area contributed by atoms with E-state index in [1.807, 2.05) is 0 Å². The second-order valence-corrected chi connectivity index (χ2v) is 3.79. The number of nitrogens with one attached hydrogen (secondary N) is 1. The Bertz CT molecular complexity index is 172. The third-order valence-electron chi connectivity index (χ3n) is 1.89. The number of hydrogen-bond acceptors (Lipinski definition) is 2. The number of alkyl halides is 1. The van der Waals surface area contributed by atoms with E-state index < -0.39 is 0 Å². The maximum Gasteiger partial charge on any atom is 0.407 e. The van der Waals surface area contributed by atoms with Crippen molar-refractivity contribution in [2.45, 2.75) is 32.4 Å². The van der Waals surface area contributed by atoms with Gasteiger partial charge in [-0.2, -0.15) is 0 Å². The Labute approximate surface area is 77.4 Å². The molecule has 12 heavy (non-hydrogen) atoms. The van der Waals surface area contributed by atoms with Crippen LogP contribution in [0.1, 0.15) is 20.3 Å². The molecule has 3 nitrogen and oxygen atoms in total. The molecule has 0 aromatic heterocycles. The summed E-state index contributed by atoms with van der Waals surface area (Å²) in [6.07, 6.45) is 0.427. The largest absolute Gasteiger partial charge is 0.443 e. The quantitative estimate of drug-likeness (QED) is 0.691. The fourth-order valence-electron chi connectivity index (χ4n) is 1.36. The lowest BCUT2D eigenvalue weighted by atomic mass is 10.0. The van der Waals surface area contributed by atoms with Crippen LogP contribution in [0.15, 0.2) is 0 Å². The number of carbonyl (C=O) groups is 1. The lowest BCUT2D eigenvalue weighted by Crippen LogP contribution is -2.33. The number of halogens is 1. The van der Waals surface area contributed by atoms with Gasteiger partial charge in [0.25, 0.3) is 0 Å². The minimum absolute atomic E-state index is 0.0926. The zero-order valence-corrected chi connectivity index (χ0v) is 8.10. The molecule has 0 aliphatic carbocycles. The van der Waals surface area contributed by atoms with Crippen molar-refractivity contribution >= 4 is 17.7 Å². The second kappa shape index (κ2) is 3.99. The van der Waals surface area contributed by atoms with Crippen LogP contribution in [0, 0.1) is 5.92 Å². The molecule has 2 unspecified atom stereocenters. The molecule has 0 bridgehead atoms. The first-order chi connectivity index (χ1) is 5.63. The van der Waals surface area contributed by atoms with Gasteiger partial charge in [0.15, 0.2) is 0 Å². The number of amides is 1. The molecular formula is C8H14ClNO2. The Morgan fingerprint density at radius 1 is 1.67 bits per heavy atom. The number of rotatable bonds is 3. The molecule has 0 aromatic carbocycles. The van der Waals surface area contributed by atoms with Gasteiger partial charge in [-0.25, -0.2) is 4.79 Å². The van der Waals surface area contributed by atoms with Gasteiger partial charge in [0.1, 0.15) is 6.10 Å². The fraction of sp³-hybridized carbons (Fsp3) is 0.875. The van der Waals surface area contributed by atoms with Gasteiger partial charge in [0.2, 0.25) is 0 Å². The van der Waals surface area contributed by atoms with E-state index in [2.05, 4.69) is 19.2 Å². The second-order valence-electron chi connectivity index (χ2n) is 3.48. The summed E-state index contributed by atoms with van der Waals surface area (Å²) in [5, 5.41) is 2.74. The van der Waals surface area contributed by atoms with Crippen molar-refractivity contribution in [2.24, 2.45) is 5.92 Å². The van der Waals surface area contributed by atoms with Crippen LogP contribution in [0.25, 0.3) is 0 Å².